The fourth-order valence-electron chi connectivity index (χ4n) is 2.12. The van der Waals surface area contributed by atoms with Crippen LogP contribution in [0.1, 0.15) is 27.6 Å². The van der Waals surface area contributed by atoms with Gasteiger partial charge in [0.15, 0.2) is 0 Å². The first-order valence-electron chi connectivity index (χ1n) is 5.97. The van der Waals surface area contributed by atoms with E-state index in [1.165, 1.54) is 26.0 Å². The Morgan fingerprint density at radius 1 is 1.21 bits per heavy atom. The molecule has 102 valence electrons. The van der Waals surface area contributed by atoms with E-state index in [-0.39, 0.29) is 6.04 Å². The normalized spacial score (nSPS) is 12.7. The maximum atomic E-state index is 5.73. The average Bonchev–Trinajstić information content (AvgIpc) is 2.78. The minimum Gasteiger partial charge on any atom is -0.271 e. The van der Waals surface area contributed by atoms with Crippen LogP contribution in [-0.4, -0.2) is 0 Å². The second-order valence-electron chi connectivity index (χ2n) is 4.62. The van der Waals surface area contributed by atoms with E-state index in [0.29, 0.717) is 0 Å². The number of hydrazine groups is 1. The summed E-state index contributed by atoms with van der Waals surface area (Å²) in [5.41, 5.74) is 6.63. The first-order chi connectivity index (χ1) is 9.01. The summed E-state index contributed by atoms with van der Waals surface area (Å²) >= 11 is 8.83. The van der Waals surface area contributed by atoms with Crippen LogP contribution in [0.25, 0.3) is 0 Å². The predicted molar refractivity (Wildman–Crippen MR) is 89.4 cm³/mol. The van der Waals surface area contributed by atoms with Gasteiger partial charge in [-0.1, -0.05) is 28.1 Å². The van der Waals surface area contributed by atoms with Gasteiger partial charge in [-0.15, -0.1) is 11.3 Å². The van der Waals surface area contributed by atoms with Gasteiger partial charge in [0.25, 0.3) is 0 Å². The Hall–Kier alpha value is -0.200. The minimum absolute atomic E-state index is 0.135. The largest absolute Gasteiger partial charge is 0.271 e. The van der Waals surface area contributed by atoms with E-state index in [1.54, 1.807) is 11.3 Å². The first-order valence-corrected chi connectivity index (χ1v) is 8.43. The molecule has 0 aliphatic rings. The standard InChI is InChI=1S/C14H16Br2N2S/c1-8-3-10(4-9(2)14(8)16)13(18-17)6-12-5-11(15)7-19-12/h3-5,7,13,18H,6,17H2,1-2H3. The number of hydrogen-bond donors (Lipinski definition) is 2. The highest BCUT2D eigenvalue weighted by atomic mass is 79.9. The van der Waals surface area contributed by atoms with E-state index in [0.717, 1.165) is 10.9 Å². The highest BCUT2D eigenvalue weighted by molar-refractivity contribution is 9.10. The average molecular weight is 404 g/mol. The third-order valence-electron chi connectivity index (χ3n) is 3.09. The molecule has 1 heterocycles. The fourth-order valence-corrected chi connectivity index (χ4v) is 3.84. The maximum absolute atomic E-state index is 5.73. The van der Waals surface area contributed by atoms with E-state index < -0.39 is 0 Å². The Kier molecular flexibility index (Phi) is 5.20. The van der Waals surface area contributed by atoms with E-state index in [4.69, 9.17) is 5.84 Å². The van der Waals surface area contributed by atoms with E-state index >= 15 is 0 Å². The Labute approximate surface area is 134 Å². The summed E-state index contributed by atoms with van der Waals surface area (Å²) in [5.74, 6) is 5.73. The number of halogens is 2. The summed E-state index contributed by atoms with van der Waals surface area (Å²) in [7, 11) is 0. The number of nitrogens with one attached hydrogen (secondary N) is 1. The molecule has 0 aliphatic carbocycles. The highest BCUT2D eigenvalue weighted by Crippen LogP contribution is 2.29. The molecule has 0 bridgehead atoms. The zero-order chi connectivity index (χ0) is 14.0. The molecule has 1 unspecified atom stereocenters. The quantitative estimate of drug-likeness (QED) is 0.576. The van der Waals surface area contributed by atoms with E-state index in [9.17, 15) is 0 Å². The van der Waals surface area contributed by atoms with Crippen LogP contribution in [0.2, 0.25) is 0 Å². The molecule has 2 rings (SSSR count). The molecule has 1 atom stereocenters. The van der Waals surface area contributed by atoms with Crippen molar-refractivity contribution in [2.24, 2.45) is 5.84 Å². The number of aryl methyl sites for hydroxylation is 2. The molecule has 0 fully saturated rings. The van der Waals surface area contributed by atoms with Gasteiger partial charge in [0.2, 0.25) is 0 Å². The molecular formula is C14H16Br2N2S. The van der Waals surface area contributed by atoms with Crippen LogP contribution in [-0.2, 0) is 6.42 Å². The molecule has 0 radical (unpaired) electrons. The topological polar surface area (TPSA) is 38.0 Å². The lowest BCUT2D eigenvalue weighted by Crippen LogP contribution is -2.29. The summed E-state index contributed by atoms with van der Waals surface area (Å²) in [6.45, 7) is 4.21. The van der Waals surface area contributed by atoms with Crippen molar-refractivity contribution in [3.8, 4) is 0 Å². The molecule has 0 spiro atoms. The van der Waals surface area contributed by atoms with E-state index in [1.807, 2.05) is 0 Å². The lowest BCUT2D eigenvalue weighted by molar-refractivity contribution is 0.555. The summed E-state index contributed by atoms with van der Waals surface area (Å²) in [5, 5.41) is 2.10. The van der Waals surface area contributed by atoms with Crippen LogP contribution in [0.3, 0.4) is 0 Å². The Morgan fingerprint density at radius 3 is 2.32 bits per heavy atom. The highest BCUT2D eigenvalue weighted by Gasteiger charge is 2.14. The molecule has 19 heavy (non-hydrogen) atoms. The van der Waals surface area contributed by atoms with Crippen LogP contribution in [0, 0.1) is 13.8 Å². The number of hydrogen-bond acceptors (Lipinski definition) is 3. The van der Waals surface area contributed by atoms with Gasteiger partial charge in [-0.25, -0.2) is 0 Å². The van der Waals surface area contributed by atoms with Crippen LogP contribution in [0.4, 0.5) is 0 Å². The van der Waals surface area contributed by atoms with Crippen molar-refractivity contribution >= 4 is 43.2 Å². The molecule has 0 saturated carbocycles. The van der Waals surface area contributed by atoms with Crippen molar-refractivity contribution in [1.82, 2.24) is 5.43 Å². The molecular weight excluding hydrogens is 388 g/mol. The van der Waals surface area contributed by atoms with Crippen molar-refractivity contribution in [1.29, 1.82) is 0 Å². The van der Waals surface area contributed by atoms with Gasteiger partial charge >= 0.3 is 0 Å². The molecule has 5 heteroatoms. The molecule has 0 aliphatic heterocycles. The summed E-state index contributed by atoms with van der Waals surface area (Å²) < 4.78 is 2.30. The van der Waals surface area contributed by atoms with Crippen LogP contribution >= 0.6 is 43.2 Å². The molecule has 3 N–H and O–H groups in total. The van der Waals surface area contributed by atoms with Crippen molar-refractivity contribution in [3.63, 3.8) is 0 Å². The van der Waals surface area contributed by atoms with Crippen LogP contribution in [0.5, 0.6) is 0 Å². The van der Waals surface area contributed by atoms with Crippen molar-refractivity contribution < 1.29 is 0 Å². The van der Waals surface area contributed by atoms with Crippen LogP contribution < -0.4 is 11.3 Å². The van der Waals surface area contributed by atoms with Crippen molar-refractivity contribution in [3.05, 3.63) is 54.1 Å². The van der Waals surface area contributed by atoms with Gasteiger partial charge in [-0.3, -0.25) is 11.3 Å². The lowest BCUT2D eigenvalue weighted by atomic mass is 9.99. The smallest absolute Gasteiger partial charge is 0.0508 e. The van der Waals surface area contributed by atoms with Gasteiger partial charge in [0, 0.05) is 25.6 Å². The molecule has 2 nitrogen and oxygen atoms in total. The maximum Gasteiger partial charge on any atom is 0.0508 e. The third kappa shape index (κ3) is 3.67. The third-order valence-corrected chi connectivity index (χ3v) is 6.06. The molecule has 1 aromatic heterocycles. The molecule has 2 aromatic rings. The van der Waals surface area contributed by atoms with Crippen LogP contribution in [0.15, 0.2) is 32.5 Å². The summed E-state index contributed by atoms with van der Waals surface area (Å²) in [6.07, 6.45) is 0.896. The molecule has 0 amide bonds. The number of thiophene rings is 1. The SMILES string of the molecule is Cc1cc(C(Cc2cc(Br)cs2)NN)cc(C)c1Br. The second-order valence-corrected chi connectivity index (χ2v) is 7.33. The second kappa shape index (κ2) is 6.50. The Bertz CT molecular complexity index is 558. The predicted octanol–water partition coefficient (Wildman–Crippen LogP) is 4.64. The van der Waals surface area contributed by atoms with Crippen molar-refractivity contribution in [2.45, 2.75) is 26.3 Å². The number of nitrogens with two attached hydrogens (primary N) is 1. The lowest BCUT2D eigenvalue weighted by Gasteiger charge is -2.18. The number of benzene rings is 1. The zero-order valence-corrected chi connectivity index (χ0v) is 14.8. The van der Waals surface area contributed by atoms with Gasteiger partial charge in [-0.2, -0.15) is 0 Å². The Morgan fingerprint density at radius 2 is 1.84 bits per heavy atom. The van der Waals surface area contributed by atoms with Gasteiger partial charge in [0.05, 0.1) is 6.04 Å². The Balaban J connectivity index is 2.27. The fraction of sp³-hybridized carbons (Fsp3) is 0.286. The van der Waals surface area contributed by atoms with Gasteiger partial charge < -0.3 is 0 Å². The monoisotopic (exact) mass is 402 g/mol. The van der Waals surface area contributed by atoms with Gasteiger partial charge in [0.1, 0.15) is 0 Å². The molecule has 1 aromatic carbocycles. The first kappa shape index (κ1) is 15.2. The minimum atomic E-state index is 0.135. The number of rotatable bonds is 4. The van der Waals surface area contributed by atoms with Gasteiger partial charge in [-0.05, 0) is 52.5 Å². The van der Waals surface area contributed by atoms with E-state index in [2.05, 4.69) is 74.7 Å². The summed E-state index contributed by atoms with van der Waals surface area (Å²) in [6, 6.07) is 6.65. The molecule has 0 saturated heterocycles. The zero-order valence-electron chi connectivity index (χ0n) is 10.8. The summed E-state index contributed by atoms with van der Waals surface area (Å²) in [4.78, 5) is 1.31. The van der Waals surface area contributed by atoms with Crippen molar-refractivity contribution in [2.75, 3.05) is 0 Å².